The van der Waals surface area contributed by atoms with Gasteiger partial charge in [0.1, 0.15) is 12.1 Å². The molecule has 0 saturated carbocycles. The van der Waals surface area contributed by atoms with Crippen molar-refractivity contribution in [3.8, 4) is 12.3 Å². The number of nitrogens with one attached hydrogen (secondary N) is 1. The number of hydrogen-bond donors (Lipinski definition) is 2. The van der Waals surface area contributed by atoms with Crippen LogP contribution in [0.25, 0.3) is 0 Å². The number of carboxylic acids is 1. The number of pyridine rings is 1. The summed E-state index contributed by atoms with van der Waals surface area (Å²) in [6.45, 7) is -0.201. The maximum Gasteiger partial charge on any atom is 0.341 e. The zero-order valence-corrected chi connectivity index (χ0v) is 8.84. The van der Waals surface area contributed by atoms with Crippen LogP contribution in [0.2, 0.25) is 0 Å². The summed E-state index contributed by atoms with van der Waals surface area (Å²) in [6.07, 6.45) is 6.29. The Labute approximate surface area is 96.9 Å². The van der Waals surface area contributed by atoms with Crippen molar-refractivity contribution in [3.63, 3.8) is 0 Å². The average Bonchev–Trinajstić information content (AvgIpc) is 2.28. The Hall–Kier alpha value is -2.55. The molecule has 0 aliphatic rings. The number of carbonyl (C=O) groups is 2. The quantitative estimate of drug-likeness (QED) is 0.674. The number of nitrogens with zero attached hydrogens (tertiary/aromatic N) is 1. The van der Waals surface area contributed by atoms with Crippen molar-refractivity contribution in [3.05, 3.63) is 34.2 Å². The van der Waals surface area contributed by atoms with Gasteiger partial charge in [-0.25, -0.2) is 4.79 Å². The maximum atomic E-state index is 11.6. The predicted molar refractivity (Wildman–Crippen MR) is 59.5 cm³/mol. The van der Waals surface area contributed by atoms with Crippen LogP contribution < -0.4 is 10.9 Å². The van der Waals surface area contributed by atoms with Crippen molar-refractivity contribution >= 4 is 11.9 Å². The van der Waals surface area contributed by atoms with E-state index in [1.807, 2.05) is 0 Å². The first kappa shape index (κ1) is 12.5. The molecule has 0 unspecified atom stereocenters. The van der Waals surface area contributed by atoms with E-state index in [0.717, 1.165) is 4.57 Å². The second-order valence-electron chi connectivity index (χ2n) is 3.14. The highest BCUT2D eigenvalue weighted by atomic mass is 16.4. The minimum atomic E-state index is -1.33. The van der Waals surface area contributed by atoms with Crippen molar-refractivity contribution < 1.29 is 14.7 Å². The Bertz CT molecular complexity index is 539. The molecule has 17 heavy (non-hydrogen) atoms. The molecule has 1 aromatic rings. The molecule has 2 N–H and O–H groups in total. The van der Waals surface area contributed by atoms with E-state index in [9.17, 15) is 14.4 Å². The van der Waals surface area contributed by atoms with E-state index in [1.165, 1.54) is 18.3 Å². The summed E-state index contributed by atoms with van der Waals surface area (Å²) in [5.74, 6) is 0.438. The fourth-order valence-corrected chi connectivity index (χ4v) is 1.18. The molecular formula is C11H10N2O4. The average molecular weight is 234 g/mol. The first-order chi connectivity index (χ1) is 8.06. The number of aromatic nitrogens is 1. The second kappa shape index (κ2) is 5.51. The highest BCUT2D eigenvalue weighted by molar-refractivity contribution is 5.87. The van der Waals surface area contributed by atoms with E-state index in [-0.39, 0.29) is 18.7 Å². The molecule has 6 heteroatoms. The molecule has 0 spiro atoms. The third-order valence-electron chi connectivity index (χ3n) is 1.95. The van der Waals surface area contributed by atoms with Crippen molar-refractivity contribution in [2.75, 3.05) is 6.54 Å². The second-order valence-corrected chi connectivity index (χ2v) is 3.14. The standard InChI is InChI=1S/C11H10N2O4/c1-2-5-12-9(14)7-13-6-3-4-8(10(13)15)11(16)17/h1,3-4,6H,5,7H2,(H,12,14)(H,16,17). The normalized spacial score (nSPS) is 9.35. The van der Waals surface area contributed by atoms with Gasteiger partial charge in [0.2, 0.25) is 5.91 Å². The van der Waals surface area contributed by atoms with E-state index in [2.05, 4.69) is 11.2 Å². The lowest BCUT2D eigenvalue weighted by molar-refractivity contribution is -0.121. The van der Waals surface area contributed by atoms with Gasteiger partial charge in [-0.2, -0.15) is 0 Å². The first-order valence-corrected chi connectivity index (χ1v) is 4.69. The Morgan fingerprint density at radius 3 is 2.82 bits per heavy atom. The number of carbonyl (C=O) groups excluding carboxylic acids is 1. The molecule has 1 heterocycles. The summed E-state index contributed by atoms with van der Waals surface area (Å²) in [7, 11) is 0. The zero-order chi connectivity index (χ0) is 12.8. The number of amides is 1. The van der Waals surface area contributed by atoms with Crippen LogP contribution in [0, 0.1) is 12.3 Å². The summed E-state index contributed by atoms with van der Waals surface area (Å²) in [5, 5.41) is 11.1. The highest BCUT2D eigenvalue weighted by Crippen LogP contribution is 1.92. The van der Waals surface area contributed by atoms with Crippen molar-refractivity contribution in [2.24, 2.45) is 0 Å². The smallest absolute Gasteiger partial charge is 0.341 e. The van der Waals surface area contributed by atoms with Gasteiger partial charge in [-0.3, -0.25) is 9.59 Å². The molecule has 0 aliphatic carbocycles. The monoisotopic (exact) mass is 234 g/mol. The lowest BCUT2D eigenvalue weighted by atomic mass is 10.3. The van der Waals surface area contributed by atoms with Gasteiger partial charge in [-0.15, -0.1) is 6.42 Å². The van der Waals surface area contributed by atoms with Gasteiger partial charge >= 0.3 is 5.97 Å². The van der Waals surface area contributed by atoms with E-state index in [0.29, 0.717) is 0 Å². The van der Waals surface area contributed by atoms with Gasteiger partial charge in [0.05, 0.1) is 6.54 Å². The van der Waals surface area contributed by atoms with Gasteiger partial charge < -0.3 is 15.0 Å². The molecule has 0 aliphatic heterocycles. The third kappa shape index (κ3) is 3.21. The Balaban J connectivity index is 2.90. The van der Waals surface area contributed by atoms with Crippen LogP contribution in [-0.2, 0) is 11.3 Å². The van der Waals surface area contributed by atoms with Gasteiger partial charge in [-0.05, 0) is 12.1 Å². The van der Waals surface area contributed by atoms with Gasteiger partial charge in [0.25, 0.3) is 5.56 Å². The number of hydrogen-bond acceptors (Lipinski definition) is 3. The Morgan fingerprint density at radius 1 is 1.53 bits per heavy atom. The van der Waals surface area contributed by atoms with Crippen LogP contribution in [-0.4, -0.2) is 28.1 Å². The fraction of sp³-hybridized carbons (Fsp3) is 0.182. The molecule has 0 fully saturated rings. The van der Waals surface area contributed by atoms with Crippen molar-refractivity contribution in [1.82, 2.24) is 9.88 Å². The minimum absolute atomic E-state index is 0.0617. The van der Waals surface area contributed by atoms with Gasteiger partial charge in [-0.1, -0.05) is 5.92 Å². The molecule has 1 aromatic heterocycles. The zero-order valence-electron chi connectivity index (χ0n) is 8.84. The fourth-order valence-electron chi connectivity index (χ4n) is 1.18. The number of rotatable bonds is 4. The number of aromatic carboxylic acids is 1. The van der Waals surface area contributed by atoms with Gasteiger partial charge in [0, 0.05) is 6.20 Å². The van der Waals surface area contributed by atoms with E-state index in [4.69, 9.17) is 11.5 Å². The van der Waals surface area contributed by atoms with E-state index >= 15 is 0 Å². The molecular weight excluding hydrogens is 224 g/mol. The topological polar surface area (TPSA) is 88.4 Å². The summed E-state index contributed by atoms with van der Waals surface area (Å²) in [4.78, 5) is 33.6. The minimum Gasteiger partial charge on any atom is -0.477 e. The molecule has 1 rings (SSSR count). The Kier molecular flexibility index (Phi) is 4.06. The summed E-state index contributed by atoms with van der Waals surface area (Å²) in [6, 6.07) is 2.57. The van der Waals surface area contributed by atoms with Crippen molar-refractivity contribution in [1.29, 1.82) is 0 Å². The molecule has 0 atom stereocenters. The van der Waals surface area contributed by atoms with Crippen LogP contribution in [0.15, 0.2) is 23.1 Å². The highest BCUT2D eigenvalue weighted by Gasteiger charge is 2.11. The maximum absolute atomic E-state index is 11.6. The molecule has 6 nitrogen and oxygen atoms in total. The molecule has 0 radical (unpaired) electrons. The SMILES string of the molecule is C#CCNC(=O)Cn1cccc(C(=O)O)c1=O. The van der Waals surface area contributed by atoms with Crippen LogP contribution >= 0.6 is 0 Å². The van der Waals surface area contributed by atoms with Crippen LogP contribution in [0.1, 0.15) is 10.4 Å². The largest absolute Gasteiger partial charge is 0.477 e. The van der Waals surface area contributed by atoms with Crippen molar-refractivity contribution in [2.45, 2.75) is 6.54 Å². The lowest BCUT2D eigenvalue weighted by Crippen LogP contribution is -2.34. The molecule has 88 valence electrons. The summed E-state index contributed by atoms with van der Waals surface area (Å²) < 4.78 is 1.01. The molecule has 0 aromatic carbocycles. The molecule has 1 amide bonds. The number of carboxylic acid groups (broad SMARTS) is 1. The van der Waals surface area contributed by atoms with E-state index in [1.54, 1.807) is 0 Å². The molecule has 0 saturated heterocycles. The lowest BCUT2D eigenvalue weighted by Gasteiger charge is -2.05. The van der Waals surface area contributed by atoms with Crippen LogP contribution in [0.4, 0.5) is 0 Å². The summed E-state index contributed by atoms with van der Waals surface area (Å²) >= 11 is 0. The Morgan fingerprint density at radius 2 is 2.24 bits per heavy atom. The predicted octanol–water partition coefficient (Wildman–Crippen LogP) is -0.704. The van der Waals surface area contributed by atoms with Crippen LogP contribution in [0.3, 0.4) is 0 Å². The van der Waals surface area contributed by atoms with Crippen LogP contribution in [0.5, 0.6) is 0 Å². The van der Waals surface area contributed by atoms with Gasteiger partial charge in [0.15, 0.2) is 0 Å². The third-order valence-corrected chi connectivity index (χ3v) is 1.95. The first-order valence-electron chi connectivity index (χ1n) is 4.69. The molecule has 0 bridgehead atoms. The number of terminal acetylenes is 1. The summed E-state index contributed by atoms with van der Waals surface area (Å²) in [5.41, 5.74) is -1.10. The van der Waals surface area contributed by atoms with E-state index < -0.39 is 17.4 Å².